The first kappa shape index (κ1) is 20.2. The van der Waals surface area contributed by atoms with E-state index < -0.39 is 17.5 Å². The number of anilines is 3. The van der Waals surface area contributed by atoms with Crippen LogP contribution < -0.4 is 15.4 Å². The van der Waals surface area contributed by atoms with Crippen LogP contribution in [0.4, 0.5) is 26.1 Å². The predicted molar refractivity (Wildman–Crippen MR) is 111 cm³/mol. The molecular weight excluding hydrogens is 406 g/mol. The lowest BCUT2D eigenvalue weighted by Crippen LogP contribution is -2.16. The standard InChI is InChI=1S/C21H18F2N6O2/c1-2-31-13-6-7-14-17(10-13)24-11-25-21(14)27-18-8-12(28-29-18)9-19(30)26-16-5-3-4-15(22)20(16)23/h3-8,10-11H,2,9H2,1H3,(H,26,30)(H2,24,25,27,28,29). The van der Waals surface area contributed by atoms with Crippen LogP contribution in [0.1, 0.15) is 12.6 Å². The summed E-state index contributed by atoms with van der Waals surface area (Å²) in [5, 5.41) is 13.1. The van der Waals surface area contributed by atoms with Gasteiger partial charge in [0.15, 0.2) is 17.5 Å². The Balaban J connectivity index is 1.45. The van der Waals surface area contributed by atoms with Crippen LogP contribution in [0.25, 0.3) is 10.9 Å². The number of ether oxygens (including phenoxy) is 1. The van der Waals surface area contributed by atoms with E-state index in [0.29, 0.717) is 35.2 Å². The van der Waals surface area contributed by atoms with Gasteiger partial charge in [-0.15, -0.1) is 0 Å². The van der Waals surface area contributed by atoms with Crippen LogP contribution in [-0.2, 0) is 11.2 Å². The SMILES string of the molecule is CCOc1ccc2c(Nc3cc(CC(=O)Nc4cccc(F)c4F)[nH]n3)ncnc2c1. The fourth-order valence-corrected chi connectivity index (χ4v) is 3.00. The number of nitrogens with one attached hydrogen (secondary N) is 3. The Morgan fingerprint density at radius 1 is 1.16 bits per heavy atom. The van der Waals surface area contributed by atoms with Crippen LogP contribution in [-0.4, -0.2) is 32.7 Å². The number of halogens is 2. The van der Waals surface area contributed by atoms with Crippen molar-refractivity contribution in [3.8, 4) is 5.75 Å². The molecule has 0 fully saturated rings. The molecule has 3 N–H and O–H groups in total. The number of hydrogen-bond donors (Lipinski definition) is 3. The van der Waals surface area contributed by atoms with Gasteiger partial charge in [-0.3, -0.25) is 9.89 Å². The smallest absolute Gasteiger partial charge is 0.230 e. The third kappa shape index (κ3) is 4.58. The summed E-state index contributed by atoms with van der Waals surface area (Å²) in [5.74, 6) is -0.966. The molecule has 0 aliphatic carbocycles. The molecule has 2 heterocycles. The van der Waals surface area contributed by atoms with Gasteiger partial charge in [0.2, 0.25) is 5.91 Å². The molecule has 0 spiro atoms. The van der Waals surface area contributed by atoms with Crippen LogP contribution in [0.3, 0.4) is 0 Å². The van der Waals surface area contributed by atoms with Crippen LogP contribution in [0, 0.1) is 11.6 Å². The van der Waals surface area contributed by atoms with E-state index in [1.54, 1.807) is 6.07 Å². The minimum Gasteiger partial charge on any atom is -0.494 e. The van der Waals surface area contributed by atoms with Crippen molar-refractivity contribution in [2.45, 2.75) is 13.3 Å². The lowest BCUT2D eigenvalue weighted by molar-refractivity contribution is -0.115. The molecule has 0 saturated carbocycles. The highest BCUT2D eigenvalue weighted by atomic mass is 19.2. The van der Waals surface area contributed by atoms with Crippen LogP contribution in [0.15, 0.2) is 48.8 Å². The number of H-pyrrole nitrogens is 1. The van der Waals surface area contributed by atoms with Crippen LogP contribution in [0.5, 0.6) is 5.75 Å². The van der Waals surface area contributed by atoms with Crippen molar-refractivity contribution in [1.82, 2.24) is 20.2 Å². The molecule has 1 amide bonds. The normalized spacial score (nSPS) is 10.8. The van der Waals surface area contributed by atoms with Gasteiger partial charge in [-0.05, 0) is 31.2 Å². The molecular formula is C21H18F2N6O2. The molecule has 0 aliphatic heterocycles. The number of aromatic amines is 1. The molecule has 0 bridgehead atoms. The number of nitrogens with zero attached hydrogens (tertiary/aromatic N) is 3. The number of carbonyl (C=O) groups excluding carboxylic acids is 1. The summed E-state index contributed by atoms with van der Waals surface area (Å²) in [5.41, 5.74) is 0.964. The van der Waals surface area contributed by atoms with Gasteiger partial charge in [0, 0.05) is 23.2 Å². The Hall–Kier alpha value is -4.08. The lowest BCUT2D eigenvalue weighted by atomic mass is 10.2. The highest BCUT2D eigenvalue weighted by Crippen LogP contribution is 2.26. The molecule has 10 heteroatoms. The van der Waals surface area contributed by atoms with Crippen molar-refractivity contribution in [2.75, 3.05) is 17.2 Å². The third-order valence-electron chi connectivity index (χ3n) is 4.37. The summed E-state index contributed by atoms with van der Waals surface area (Å²) >= 11 is 0. The maximum Gasteiger partial charge on any atom is 0.230 e. The fourth-order valence-electron chi connectivity index (χ4n) is 3.00. The second kappa shape index (κ2) is 8.74. The molecule has 158 valence electrons. The number of rotatable bonds is 7. The molecule has 2 aromatic heterocycles. The molecule has 0 saturated heterocycles. The number of benzene rings is 2. The minimum atomic E-state index is -1.11. The lowest BCUT2D eigenvalue weighted by Gasteiger charge is -2.08. The largest absolute Gasteiger partial charge is 0.494 e. The van der Waals surface area contributed by atoms with E-state index in [0.717, 1.165) is 11.5 Å². The molecule has 4 aromatic rings. The Labute approximate surface area is 175 Å². The van der Waals surface area contributed by atoms with Gasteiger partial charge < -0.3 is 15.4 Å². The summed E-state index contributed by atoms with van der Waals surface area (Å²) in [7, 11) is 0. The molecule has 8 nitrogen and oxygen atoms in total. The van der Waals surface area contributed by atoms with Gasteiger partial charge in [-0.25, -0.2) is 18.7 Å². The highest BCUT2D eigenvalue weighted by Gasteiger charge is 2.13. The zero-order valence-electron chi connectivity index (χ0n) is 16.4. The zero-order valence-corrected chi connectivity index (χ0v) is 16.4. The number of amides is 1. The Bertz CT molecular complexity index is 1240. The number of aromatic nitrogens is 4. The van der Waals surface area contributed by atoms with Crippen molar-refractivity contribution < 1.29 is 18.3 Å². The van der Waals surface area contributed by atoms with E-state index in [-0.39, 0.29) is 12.1 Å². The maximum atomic E-state index is 13.7. The number of carbonyl (C=O) groups is 1. The van der Waals surface area contributed by atoms with E-state index in [4.69, 9.17) is 4.74 Å². The summed E-state index contributed by atoms with van der Waals surface area (Å²) in [6.07, 6.45) is 1.32. The van der Waals surface area contributed by atoms with Crippen molar-refractivity contribution in [1.29, 1.82) is 0 Å². The average Bonchev–Trinajstić information content (AvgIpc) is 3.18. The maximum absolute atomic E-state index is 13.7. The van der Waals surface area contributed by atoms with Gasteiger partial charge in [0.05, 0.1) is 24.2 Å². The quantitative estimate of drug-likeness (QED) is 0.415. The summed E-state index contributed by atoms with van der Waals surface area (Å²) < 4.78 is 32.5. The minimum absolute atomic E-state index is 0.104. The molecule has 0 atom stereocenters. The molecule has 0 radical (unpaired) electrons. The zero-order chi connectivity index (χ0) is 21.8. The second-order valence-electron chi connectivity index (χ2n) is 6.56. The van der Waals surface area contributed by atoms with Gasteiger partial charge >= 0.3 is 0 Å². The van der Waals surface area contributed by atoms with E-state index >= 15 is 0 Å². The third-order valence-corrected chi connectivity index (χ3v) is 4.37. The average molecular weight is 424 g/mol. The monoisotopic (exact) mass is 424 g/mol. The molecule has 0 unspecified atom stereocenters. The van der Waals surface area contributed by atoms with Crippen LogP contribution in [0.2, 0.25) is 0 Å². The topological polar surface area (TPSA) is 105 Å². The van der Waals surface area contributed by atoms with E-state index in [1.807, 2.05) is 25.1 Å². The van der Waals surface area contributed by atoms with Crippen molar-refractivity contribution in [3.63, 3.8) is 0 Å². The number of fused-ring (bicyclic) bond motifs is 1. The second-order valence-corrected chi connectivity index (χ2v) is 6.56. The summed E-state index contributed by atoms with van der Waals surface area (Å²) in [6, 6.07) is 10.7. The summed E-state index contributed by atoms with van der Waals surface area (Å²) in [6.45, 7) is 2.46. The van der Waals surface area contributed by atoms with Gasteiger partial charge in [0.25, 0.3) is 0 Å². The van der Waals surface area contributed by atoms with Crippen LogP contribution >= 0.6 is 0 Å². The Morgan fingerprint density at radius 2 is 2.03 bits per heavy atom. The molecule has 31 heavy (non-hydrogen) atoms. The van der Waals surface area contributed by atoms with Gasteiger partial charge in [-0.1, -0.05) is 6.07 Å². The first-order chi connectivity index (χ1) is 15.0. The number of hydrogen-bond acceptors (Lipinski definition) is 6. The fraction of sp³-hybridized carbons (Fsp3) is 0.143. The molecule has 0 aliphatic rings. The van der Waals surface area contributed by atoms with Crippen molar-refractivity contribution in [2.24, 2.45) is 0 Å². The van der Waals surface area contributed by atoms with E-state index in [9.17, 15) is 13.6 Å². The first-order valence-corrected chi connectivity index (χ1v) is 9.46. The van der Waals surface area contributed by atoms with Gasteiger partial charge in [-0.2, -0.15) is 5.10 Å². The Kier molecular flexibility index (Phi) is 5.69. The highest BCUT2D eigenvalue weighted by molar-refractivity contribution is 5.93. The van der Waals surface area contributed by atoms with Crippen molar-refractivity contribution >= 4 is 34.1 Å². The van der Waals surface area contributed by atoms with E-state index in [2.05, 4.69) is 30.8 Å². The van der Waals surface area contributed by atoms with Crippen molar-refractivity contribution in [3.05, 3.63) is 66.1 Å². The molecule has 4 rings (SSSR count). The van der Waals surface area contributed by atoms with Gasteiger partial charge in [0.1, 0.15) is 17.9 Å². The Morgan fingerprint density at radius 3 is 2.87 bits per heavy atom. The predicted octanol–water partition coefficient (Wildman–Crippen LogP) is 3.95. The first-order valence-electron chi connectivity index (χ1n) is 9.46. The molecule has 2 aromatic carbocycles. The summed E-state index contributed by atoms with van der Waals surface area (Å²) in [4.78, 5) is 20.7. The van der Waals surface area contributed by atoms with E-state index in [1.165, 1.54) is 18.5 Å².